The number of rotatable bonds is 4. The number of benzene rings is 2. The summed E-state index contributed by atoms with van der Waals surface area (Å²) >= 11 is 5.97. The van der Waals surface area contributed by atoms with Crippen molar-refractivity contribution in [1.29, 1.82) is 0 Å². The van der Waals surface area contributed by atoms with E-state index in [0.717, 1.165) is 0 Å². The van der Waals surface area contributed by atoms with Crippen LogP contribution in [-0.4, -0.2) is 33.8 Å². The van der Waals surface area contributed by atoms with Crippen LogP contribution in [0.1, 0.15) is 25.5 Å². The topological polar surface area (TPSA) is 93.0 Å². The zero-order chi connectivity index (χ0) is 20.9. The van der Waals surface area contributed by atoms with Gasteiger partial charge in [0.2, 0.25) is 5.91 Å². The number of hydrogen-bond acceptors (Lipinski definition) is 6. The Labute approximate surface area is 171 Å². The summed E-state index contributed by atoms with van der Waals surface area (Å²) in [5.41, 5.74) is 1.02. The lowest BCUT2D eigenvalue weighted by Crippen LogP contribution is -2.41. The van der Waals surface area contributed by atoms with Crippen molar-refractivity contribution in [3.05, 3.63) is 69.2 Å². The fourth-order valence-electron chi connectivity index (χ4n) is 3.92. The van der Waals surface area contributed by atoms with Crippen LogP contribution < -0.4 is 5.06 Å². The monoisotopic (exact) mass is 415 g/mol. The third kappa shape index (κ3) is 3.14. The second kappa shape index (κ2) is 7.13. The number of carbonyl (C=O) groups is 2. The predicted octanol–water partition coefficient (Wildman–Crippen LogP) is 3.50. The van der Waals surface area contributed by atoms with E-state index < -0.39 is 28.9 Å². The third-order valence-corrected chi connectivity index (χ3v) is 5.42. The molecule has 2 heterocycles. The Hall–Kier alpha value is -2.97. The van der Waals surface area contributed by atoms with Crippen LogP contribution >= 0.6 is 11.6 Å². The molecule has 0 unspecified atom stereocenters. The van der Waals surface area contributed by atoms with E-state index in [1.54, 1.807) is 50.2 Å². The Morgan fingerprint density at radius 1 is 1.10 bits per heavy atom. The lowest BCUT2D eigenvalue weighted by molar-refractivity contribution is -0.384. The van der Waals surface area contributed by atoms with Crippen LogP contribution in [0.15, 0.2) is 48.5 Å². The highest BCUT2D eigenvalue weighted by atomic mass is 35.5. The molecular weight excluding hydrogens is 398 g/mol. The van der Waals surface area contributed by atoms with Crippen molar-refractivity contribution in [2.45, 2.75) is 32.0 Å². The summed E-state index contributed by atoms with van der Waals surface area (Å²) < 4.78 is 0. The smallest absolute Gasteiger partial charge is 0.269 e. The second-order valence-corrected chi connectivity index (χ2v) is 7.73. The molecule has 2 fully saturated rings. The highest BCUT2D eigenvalue weighted by Gasteiger charge is 2.60. The Kier molecular flexibility index (Phi) is 4.76. The van der Waals surface area contributed by atoms with Gasteiger partial charge in [0.15, 0.2) is 6.10 Å². The molecule has 8 nitrogen and oxygen atoms in total. The van der Waals surface area contributed by atoms with Crippen LogP contribution in [0, 0.1) is 16.0 Å². The number of nitro groups is 1. The number of hydroxylamine groups is 1. The van der Waals surface area contributed by atoms with Gasteiger partial charge in [-0.2, -0.15) is 0 Å². The van der Waals surface area contributed by atoms with Crippen molar-refractivity contribution < 1.29 is 19.3 Å². The molecule has 4 rings (SSSR count). The normalized spacial score (nSPS) is 23.8. The molecule has 2 aromatic rings. The van der Waals surface area contributed by atoms with Crippen molar-refractivity contribution >= 4 is 34.8 Å². The number of non-ortho nitro benzene ring substituents is 1. The molecule has 0 radical (unpaired) electrons. The van der Waals surface area contributed by atoms with Crippen LogP contribution in [0.3, 0.4) is 0 Å². The molecule has 9 heteroatoms. The van der Waals surface area contributed by atoms with Crippen LogP contribution in [-0.2, 0) is 14.4 Å². The number of imide groups is 1. The van der Waals surface area contributed by atoms with Gasteiger partial charge in [0.1, 0.15) is 5.92 Å². The molecule has 29 heavy (non-hydrogen) atoms. The first-order valence-corrected chi connectivity index (χ1v) is 9.50. The molecule has 0 aliphatic carbocycles. The van der Waals surface area contributed by atoms with Crippen molar-refractivity contribution in [2.24, 2.45) is 5.92 Å². The summed E-state index contributed by atoms with van der Waals surface area (Å²) in [4.78, 5) is 43.9. The highest BCUT2D eigenvalue weighted by Crippen LogP contribution is 2.47. The molecular formula is C20H18ClN3O5. The fraction of sp³-hybridized carbons (Fsp3) is 0.300. The Morgan fingerprint density at radius 3 is 2.41 bits per heavy atom. The first-order valence-electron chi connectivity index (χ1n) is 9.12. The number of amides is 2. The zero-order valence-corrected chi connectivity index (χ0v) is 16.4. The van der Waals surface area contributed by atoms with E-state index in [0.29, 0.717) is 16.3 Å². The predicted molar refractivity (Wildman–Crippen MR) is 105 cm³/mol. The minimum atomic E-state index is -0.982. The number of fused-ring (bicyclic) bond motifs is 1. The van der Waals surface area contributed by atoms with E-state index in [4.69, 9.17) is 16.4 Å². The maximum absolute atomic E-state index is 13.1. The number of anilines is 1. The van der Waals surface area contributed by atoms with E-state index >= 15 is 0 Å². The number of nitro benzene ring substituents is 1. The first kappa shape index (κ1) is 19.4. The maximum Gasteiger partial charge on any atom is 0.269 e. The van der Waals surface area contributed by atoms with Gasteiger partial charge in [-0.15, -0.1) is 0 Å². The standard InChI is InChI=1S/C20H18ClN3O5/c1-11(2)22-19(25)16-17(12-4-3-5-15(10-12)24(27)28)23(29-18(16)20(22)26)14-8-6-13(21)7-9-14/h3-11,16-18H,1-2H3/t16-,17-,18+/m1/s1. The Morgan fingerprint density at radius 2 is 1.79 bits per heavy atom. The molecule has 0 saturated carbocycles. The average Bonchev–Trinajstić information content (AvgIpc) is 3.19. The quantitative estimate of drug-likeness (QED) is 0.431. The lowest BCUT2D eigenvalue weighted by atomic mass is 9.90. The van der Waals surface area contributed by atoms with E-state index in [9.17, 15) is 19.7 Å². The molecule has 0 bridgehead atoms. The van der Waals surface area contributed by atoms with Gasteiger partial charge in [0.25, 0.3) is 11.6 Å². The van der Waals surface area contributed by atoms with Gasteiger partial charge in [0, 0.05) is 23.2 Å². The van der Waals surface area contributed by atoms with Crippen LogP contribution in [0.5, 0.6) is 0 Å². The van der Waals surface area contributed by atoms with Crippen LogP contribution in [0.25, 0.3) is 0 Å². The molecule has 0 spiro atoms. The SMILES string of the molecule is CC(C)N1C(=O)[C@H]2[C@H](ON(c3ccc(Cl)cc3)[C@@H]2c2cccc([N+](=O)[O-])c2)C1=O. The summed E-state index contributed by atoms with van der Waals surface area (Å²) in [5.74, 6) is -1.55. The van der Waals surface area contributed by atoms with Gasteiger partial charge in [-0.1, -0.05) is 23.7 Å². The van der Waals surface area contributed by atoms with Crippen molar-refractivity contribution in [3.8, 4) is 0 Å². The average molecular weight is 416 g/mol. The number of likely N-dealkylation sites (tertiary alicyclic amines) is 1. The molecule has 2 aromatic carbocycles. The zero-order valence-electron chi connectivity index (χ0n) is 15.7. The number of nitrogens with zero attached hydrogens (tertiary/aromatic N) is 3. The van der Waals surface area contributed by atoms with Crippen molar-refractivity contribution in [2.75, 3.05) is 5.06 Å². The van der Waals surface area contributed by atoms with Gasteiger partial charge >= 0.3 is 0 Å². The third-order valence-electron chi connectivity index (χ3n) is 5.17. The number of halogens is 1. The highest BCUT2D eigenvalue weighted by molar-refractivity contribution is 6.30. The number of hydrogen-bond donors (Lipinski definition) is 0. The van der Waals surface area contributed by atoms with E-state index in [2.05, 4.69) is 0 Å². The van der Waals surface area contributed by atoms with Gasteiger partial charge in [-0.25, -0.2) is 5.06 Å². The van der Waals surface area contributed by atoms with E-state index in [1.165, 1.54) is 22.1 Å². The Balaban J connectivity index is 1.82. The summed E-state index contributed by atoms with van der Waals surface area (Å²) in [7, 11) is 0. The molecule has 2 amide bonds. The first-order chi connectivity index (χ1) is 13.8. The summed E-state index contributed by atoms with van der Waals surface area (Å²) in [5, 5.41) is 13.3. The minimum Gasteiger partial charge on any atom is -0.277 e. The van der Waals surface area contributed by atoms with Gasteiger partial charge in [-0.05, 0) is 43.7 Å². The molecule has 2 aliphatic rings. The maximum atomic E-state index is 13.1. The van der Waals surface area contributed by atoms with Gasteiger partial charge < -0.3 is 0 Å². The van der Waals surface area contributed by atoms with E-state index in [1.807, 2.05) is 0 Å². The molecule has 2 saturated heterocycles. The molecule has 150 valence electrons. The van der Waals surface area contributed by atoms with Crippen LogP contribution in [0.2, 0.25) is 5.02 Å². The van der Waals surface area contributed by atoms with Crippen molar-refractivity contribution in [1.82, 2.24) is 4.90 Å². The van der Waals surface area contributed by atoms with Gasteiger partial charge in [0.05, 0.1) is 16.7 Å². The number of carbonyl (C=O) groups excluding carboxylic acids is 2. The van der Waals surface area contributed by atoms with Crippen molar-refractivity contribution in [3.63, 3.8) is 0 Å². The van der Waals surface area contributed by atoms with E-state index in [-0.39, 0.29) is 17.6 Å². The largest absolute Gasteiger partial charge is 0.277 e. The fourth-order valence-corrected chi connectivity index (χ4v) is 4.04. The minimum absolute atomic E-state index is 0.0977. The molecule has 0 N–H and O–H groups in total. The summed E-state index contributed by atoms with van der Waals surface area (Å²) in [6.45, 7) is 3.52. The lowest BCUT2D eigenvalue weighted by Gasteiger charge is -2.29. The molecule has 0 aromatic heterocycles. The second-order valence-electron chi connectivity index (χ2n) is 7.29. The Bertz CT molecular complexity index is 994. The summed E-state index contributed by atoms with van der Waals surface area (Å²) in [6, 6.07) is 11.8. The molecule has 2 aliphatic heterocycles. The van der Waals surface area contributed by atoms with Crippen LogP contribution in [0.4, 0.5) is 11.4 Å². The van der Waals surface area contributed by atoms with Gasteiger partial charge in [-0.3, -0.25) is 29.4 Å². The molecule has 3 atom stereocenters. The summed E-state index contributed by atoms with van der Waals surface area (Å²) in [6.07, 6.45) is -0.982.